The van der Waals surface area contributed by atoms with Gasteiger partial charge in [0.15, 0.2) is 0 Å². The zero-order chi connectivity index (χ0) is 13.8. The summed E-state index contributed by atoms with van der Waals surface area (Å²) < 4.78 is 0. The summed E-state index contributed by atoms with van der Waals surface area (Å²) in [7, 11) is 0. The van der Waals surface area contributed by atoms with E-state index in [1.807, 2.05) is 20.8 Å². The topological polar surface area (TPSA) is 69.6 Å². The second-order valence-electron chi connectivity index (χ2n) is 5.97. The van der Waals surface area contributed by atoms with Crippen LogP contribution in [-0.2, 0) is 9.59 Å². The fourth-order valence-corrected chi connectivity index (χ4v) is 2.21. The van der Waals surface area contributed by atoms with Gasteiger partial charge >= 0.3 is 5.97 Å². The van der Waals surface area contributed by atoms with Crippen LogP contribution in [0.1, 0.15) is 46.5 Å². The van der Waals surface area contributed by atoms with Crippen LogP contribution in [0.15, 0.2) is 0 Å². The van der Waals surface area contributed by atoms with Crippen molar-refractivity contribution in [3.63, 3.8) is 0 Å². The van der Waals surface area contributed by atoms with Crippen molar-refractivity contribution in [1.29, 1.82) is 0 Å². The molecule has 0 unspecified atom stereocenters. The molecule has 0 aromatic rings. The second-order valence-corrected chi connectivity index (χ2v) is 5.97. The molecule has 5 nitrogen and oxygen atoms in total. The molecule has 0 bridgehead atoms. The van der Waals surface area contributed by atoms with E-state index in [9.17, 15) is 9.59 Å². The molecule has 0 atom stereocenters. The number of carbonyl (C=O) groups is 2. The number of carboxylic acids is 1. The number of aliphatic carboxylic acids is 1. The molecule has 1 aliphatic rings. The Morgan fingerprint density at radius 3 is 2.22 bits per heavy atom. The van der Waals surface area contributed by atoms with Crippen LogP contribution in [-0.4, -0.2) is 46.6 Å². The van der Waals surface area contributed by atoms with Crippen LogP contribution in [0, 0.1) is 0 Å². The second kappa shape index (κ2) is 6.18. The molecule has 0 radical (unpaired) electrons. The number of nitrogens with one attached hydrogen (secondary N) is 1. The molecular weight excluding hydrogens is 232 g/mol. The first-order valence-electron chi connectivity index (χ1n) is 6.55. The molecule has 0 saturated heterocycles. The monoisotopic (exact) mass is 256 g/mol. The van der Waals surface area contributed by atoms with Gasteiger partial charge in [0.25, 0.3) is 0 Å². The summed E-state index contributed by atoms with van der Waals surface area (Å²) in [6.45, 7) is 5.78. The molecule has 0 heterocycles. The fourth-order valence-electron chi connectivity index (χ4n) is 2.21. The van der Waals surface area contributed by atoms with Gasteiger partial charge in [-0.3, -0.25) is 14.5 Å². The average molecular weight is 256 g/mol. The summed E-state index contributed by atoms with van der Waals surface area (Å²) in [6, 6.07) is 0.282. The highest BCUT2D eigenvalue weighted by Gasteiger charge is 2.26. The summed E-state index contributed by atoms with van der Waals surface area (Å²) in [5.74, 6) is -0.975. The highest BCUT2D eigenvalue weighted by Crippen LogP contribution is 2.18. The van der Waals surface area contributed by atoms with Crippen molar-refractivity contribution in [2.75, 3.05) is 13.1 Å². The van der Waals surface area contributed by atoms with Gasteiger partial charge in [0.2, 0.25) is 5.91 Å². The van der Waals surface area contributed by atoms with Crippen LogP contribution >= 0.6 is 0 Å². The Morgan fingerprint density at radius 1 is 1.22 bits per heavy atom. The SMILES string of the molecule is CC(C)(C)N(CC(=O)O)CC(=O)NC1CCCC1. The van der Waals surface area contributed by atoms with Gasteiger partial charge in [-0.15, -0.1) is 0 Å². The number of rotatable bonds is 5. The Bertz CT molecular complexity index is 304. The van der Waals surface area contributed by atoms with Crippen LogP contribution < -0.4 is 5.32 Å². The van der Waals surface area contributed by atoms with E-state index < -0.39 is 5.97 Å². The molecule has 1 aliphatic carbocycles. The normalized spacial score (nSPS) is 17.1. The predicted molar refractivity (Wildman–Crippen MR) is 69.4 cm³/mol. The van der Waals surface area contributed by atoms with Gasteiger partial charge in [-0.05, 0) is 33.6 Å². The molecule has 0 aromatic carbocycles. The van der Waals surface area contributed by atoms with E-state index in [0.717, 1.165) is 12.8 Å². The van der Waals surface area contributed by atoms with E-state index >= 15 is 0 Å². The van der Waals surface area contributed by atoms with E-state index in [1.165, 1.54) is 12.8 Å². The van der Waals surface area contributed by atoms with Gasteiger partial charge in [-0.1, -0.05) is 12.8 Å². The molecule has 0 spiro atoms. The third-order valence-electron chi connectivity index (χ3n) is 3.33. The number of nitrogens with zero attached hydrogens (tertiary/aromatic N) is 1. The first-order chi connectivity index (χ1) is 8.29. The third-order valence-corrected chi connectivity index (χ3v) is 3.33. The Kier molecular flexibility index (Phi) is 5.14. The van der Waals surface area contributed by atoms with Crippen molar-refractivity contribution >= 4 is 11.9 Å². The van der Waals surface area contributed by atoms with Crippen LogP contribution in [0.5, 0.6) is 0 Å². The molecule has 18 heavy (non-hydrogen) atoms. The van der Waals surface area contributed by atoms with Gasteiger partial charge in [0.1, 0.15) is 0 Å². The standard InChI is InChI=1S/C13H24N2O3/c1-13(2,3)15(9-12(17)18)8-11(16)14-10-6-4-5-7-10/h10H,4-9H2,1-3H3,(H,14,16)(H,17,18). The average Bonchev–Trinajstić information content (AvgIpc) is 2.67. The maximum atomic E-state index is 11.9. The first-order valence-corrected chi connectivity index (χ1v) is 6.55. The summed E-state index contributed by atoms with van der Waals surface area (Å²) in [5.41, 5.74) is -0.328. The minimum absolute atomic E-state index is 0.0712. The lowest BCUT2D eigenvalue weighted by atomic mass is 10.1. The molecule has 1 amide bonds. The minimum atomic E-state index is -0.904. The number of hydrogen-bond acceptors (Lipinski definition) is 3. The number of carboxylic acid groups (broad SMARTS) is 1. The Hall–Kier alpha value is -1.10. The lowest BCUT2D eigenvalue weighted by Gasteiger charge is -2.33. The Morgan fingerprint density at radius 2 is 1.78 bits per heavy atom. The van der Waals surface area contributed by atoms with Crippen LogP contribution in [0.4, 0.5) is 0 Å². The number of carbonyl (C=O) groups excluding carboxylic acids is 1. The van der Waals surface area contributed by atoms with Gasteiger partial charge in [-0.25, -0.2) is 0 Å². The van der Waals surface area contributed by atoms with E-state index in [4.69, 9.17) is 5.11 Å². The van der Waals surface area contributed by atoms with Crippen molar-refractivity contribution in [2.45, 2.75) is 58.0 Å². The van der Waals surface area contributed by atoms with Gasteiger partial charge < -0.3 is 10.4 Å². The molecule has 2 N–H and O–H groups in total. The molecule has 0 aromatic heterocycles. The quantitative estimate of drug-likeness (QED) is 0.776. The smallest absolute Gasteiger partial charge is 0.317 e. The van der Waals surface area contributed by atoms with Crippen molar-refractivity contribution < 1.29 is 14.7 Å². The van der Waals surface area contributed by atoms with Crippen molar-refractivity contribution in [3.05, 3.63) is 0 Å². The molecule has 0 aliphatic heterocycles. The third kappa shape index (κ3) is 5.04. The highest BCUT2D eigenvalue weighted by atomic mass is 16.4. The van der Waals surface area contributed by atoms with Crippen LogP contribution in [0.25, 0.3) is 0 Å². The molecule has 1 saturated carbocycles. The van der Waals surface area contributed by atoms with Crippen LogP contribution in [0.2, 0.25) is 0 Å². The maximum absolute atomic E-state index is 11.9. The molecule has 5 heteroatoms. The van der Waals surface area contributed by atoms with Crippen molar-refractivity contribution in [3.8, 4) is 0 Å². The van der Waals surface area contributed by atoms with Crippen LogP contribution in [0.3, 0.4) is 0 Å². The zero-order valence-corrected chi connectivity index (χ0v) is 11.5. The summed E-state index contributed by atoms with van der Waals surface area (Å²) >= 11 is 0. The number of hydrogen-bond donors (Lipinski definition) is 2. The highest BCUT2D eigenvalue weighted by molar-refractivity contribution is 5.79. The lowest BCUT2D eigenvalue weighted by molar-refractivity contribution is -0.140. The summed E-state index contributed by atoms with van der Waals surface area (Å²) in [6.07, 6.45) is 4.42. The first kappa shape index (κ1) is 15.0. The fraction of sp³-hybridized carbons (Fsp3) is 0.846. The summed E-state index contributed by atoms with van der Waals surface area (Å²) in [4.78, 5) is 24.4. The zero-order valence-electron chi connectivity index (χ0n) is 11.5. The maximum Gasteiger partial charge on any atom is 0.317 e. The molecular formula is C13H24N2O3. The largest absolute Gasteiger partial charge is 0.480 e. The lowest BCUT2D eigenvalue weighted by Crippen LogP contribution is -2.50. The predicted octanol–water partition coefficient (Wildman–Crippen LogP) is 1.23. The summed E-state index contributed by atoms with van der Waals surface area (Å²) in [5, 5.41) is 11.9. The van der Waals surface area contributed by atoms with Gasteiger partial charge in [0, 0.05) is 11.6 Å². The Labute approximate surface area is 109 Å². The van der Waals surface area contributed by atoms with E-state index in [-0.39, 0.29) is 30.6 Å². The molecule has 1 rings (SSSR count). The van der Waals surface area contributed by atoms with Crippen molar-refractivity contribution in [2.24, 2.45) is 0 Å². The van der Waals surface area contributed by atoms with Gasteiger partial charge in [0.05, 0.1) is 13.1 Å². The van der Waals surface area contributed by atoms with E-state index in [2.05, 4.69) is 5.32 Å². The van der Waals surface area contributed by atoms with E-state index in [1.54, 1.807) is 4.90 Å². The van der Waals surface area contributed by atoms with E-state index in [0.29, 0.717) is 0 Å². The van der Waals surface area contributed by atoms with Gasteiger partial charge in [-0.2, -0.15) is 0 Å². The van der Waals surface area contributed by atoms with Crippen molar-refractivity contribution in [1.82, 2.24) is 10.2 Å². The Balaban J connectivity index is 2.48. The number of amides is 1. The molecule has 104 valence electrons. The molecule has 1 fully saturated rings. The minimum Gasteiger partial charge on any atom is -0.480 e.